The summed E-state index contributed by atoms with van der Waals surface area (Å²) in [6, 6.07) is 10.6. The molecular formula is C39H44F3N5O6. The molecule has 4 aliphatic rings. The zero-order chi connectivity index (χ0) is 37.8. The molecule has 1 aliphatic carbocycles. The molecule has 5 unspecified atom stereocenters. The molecule has 1 saturated carbocycles. The van der Waals surface area contributed by atoms with E-state index in [9.17, 15) is 27.6 Å². The molecule has 2 aromatic carbocycles. The van der Waals surface area contributed by atoms with Gasteiger partial charge in [0.2, 0.25) is 5.91 Å². The Morgan fingerprint density at radius 3 is 2.51 bits per heavy atom. The highest BCUT2D eigenvalue weighted by molar-refractivity contribution is 5.94. The molecule has 4 heterocycles. The maximum atomic E-state index is 14.3. The number of halogens is 3. The van der Waals surface area contributed by atoms with Crippen LogP contribution in [0.2, 0.25) is 0 Å². The van der Waals surface area contributed by atoms with Gasteiger partial charge in [0, 0.05) is 79.4 Å². The van der Waals surface area contributed by atoms with Crippen molar-refractivity contribution < 1.29 is 41.8 Å². The van der Waals surface area contributed by atoms with Crippen molar-refractivity contribution in [3.63, 3.8) is 0 Å². The summed E-state index contributed by atoms with van der Waals surface area (Å²) in [5.74, 6) is 2.18. The predicted octanol–water partition coefficient (Wildman–Crippen LogP) is 6.90. The van der Waals surface area contributed by atoms with Gasteiger partial charge in [-0.2, -0.15) is 13.2 Å². The van der Waals surface area contributed by atoms with E-state index in [2.05, 4.69) is 15.6 Å². The SMILES string of the molecule is CC1CN(Cc2ccc(C(=O)NCCC3C4Oc5ccc(Oc6ccnc7c6CCC(=O)N7)cc5C34)cc2C(F)(F)F)CC(C)N1C(=O)OC(C)(C)C. The van der Waals surface area contributed by atoms with E-state index in [1.165, 1.54) is 12.1 Å². The van der Waals surface area contributed by atoms with E-state index in [1.807, 2.05) is 36.9 Å². The highest BCUT2D eigenvalue weighted by atomic mass is 19.4. The Morgan fingerprint density at radius 1 is 1.04 bits per heavy atom. The van der Waals surface area contributed by atoms with E-state index < -0.39 is 29.3 Å². The molecule has 2 N–H and O–H groups in total. The number of nitrogens with zero attached hydrogens (tertiary/aromatic N) is 3. The number of pyridine rings is 1. The molecule has 282 valence electrons. The first kappa shape index (κ1) is 36.5. The first-order valence-electron chi connectivity index (χ1n) is 18.0. The van der Waals surface area contributed by atoms with Crippen LogP contribution < -0.4 is 20.1 Å². The van der Waals surface area contributed by atoms with Gasteiger partial charge in [0.15, 0.2) is 0 Å². The monoisotopic (exact) mass is 735 g/mol. The smallest absolute Gasteiger partial charge is 0.416 e. The number of hydrogen-bond acceptors (Lipinski definition) is 8. The molecule has 3 amide bonds. The van der Waals surface area contributed by atoms with E-state index >= 15 is 0 Å². The number of anilines is 1. The molecule has 0 bridgehead atoms. The fourth-order valence-corrected chi connectivity index (χ4v) is 7.89. The van der Waals surface area contributed by atoms with Gasteiger partial charge in [-0.15, -0.1) is 0 Å². The summed E-state index contributed by atoms with van der Waals surface area (Å²) in [4.78, 5) is 45.4. The quantitative estimate of drug-likeness (QED) is 0.256. The number of alkyl halides is 3. The van der Waals surface area contributed by atoms with E-state index in [4.69, 9.17) is 14.2 Å². The maximum absolute atomic E-state index is 14.3. The van der Waals surface area contributed by atoms with E-state index in [1.54, 1.807) is 37.9 Å². The van der Waals surface area contributed by atoms with Crippen molar-refractivity contribution in [1.29, 1.82) is 0 Å². The van der Waals surface area contributed by atoms with E-state index in [-0.39, 0.29) is 60.1 Å². The maximum Gasteiger partial charge on any atom is 0.416 e. The Morgan fingerprint density at radius 2 is 1.79 bits per heavy atom. The summed E-state index contributed by atoms with van der Waals surface area (Å²) in [7, 11) is 0. The normalized spacial score (nSPS) is 23.6. The van der Waals surface area contributed by atoms with Crippen molar-refractivity contribution >= 4 is 23.7 Å². The summed E-state index contributed by atoms with van der Waals surface area (Å²) in [6.07, 6.45) is -2.05. The van der Waals surface area contributed by atoms with Gasteiger partial charge in [0.1, 0.15) is 34.8 Å². The predicted molar refractivity (Wildman–Crippen MR) is 189 cm³/mol. The van der Waals surface area contributed by atoms with Crippen LogP contribution >= 0.6 is 0 Å². The largest absolute Gasteiger partial charge is 0.489 e. The molecule has 1 saturated heterocycles. The van der Waals surface area contributed by atoms with Crippen LogP contribution in [0.15, 0.2) is 48.7 Å². The lowest BCUT2D eigenvalue weighted by Crippen LogP contribution is -2.59. The molecular weight excluding hydrogens is 691 g/mol. The second kappa shape index (κ2) is 13.9. The van der Waals surface area contributed by atoms with E-state index in [0.29, 0.717) is 49.7 Å². The third kappa shape index (κ3) is 7.78. The standard InChI is InChI=1S/C39H44F3N5O6/c1-21-18-46(19-22(2)47(21)37(50)53-38(3,4)5)20-24-7-6-23(16-29(24)39(40,41)42)36(49)44-14-12-27-33-28-17-25(8-10-30(28)52-34(27)33)51-31-13-15-43-35-26(31)9-11-32(48)45-35/h6-8,10,13,15-17,21-22,27,33-34H,9,11-12,14,18-20H2,1-5H3,(H,44,49)(H,43,45,48). The highest BCUT2D eigenvalue weighted by Gasteiger charge is 2.58. The zero-order valence-corrected chi connectivity index (χ0v) is 30.4. The minimum atomic E-state index is -4.66. The average Bonchev–Trinajstić information content (AvgIpc) is 3.60. The Kier molecular flexibility index (Phi) is 9.54. The molecule has 53 heavy (non-hydrogen) atoms. The number of ether oxygens (including phenoxy) is 3. The fourth-order valence-electron chi connectivity index (χ4n) is 7.89. The molecule has 3 aromatic rings. The number of carbonyl (C=O) groups is 3. The number of aromatic nitrogens is 1. The minimum Gasteiger partial charge on any atom is -0.489 e. The molecule has 1 aromatic heterocycles. The Balaban J connectivity index is 0.943. The number of rotatable bonds is 8. The summed E-state index contributed by atoms with van der Waals surface area (Å²) in [6.45, 7) is 10.1. The van der Waals surface area contributed by atoms with Gasteiger partial charge < -0.3 is 29.7 Å². The van der Waals surface area contributed by atoms with Crippen LogP contribution in [0.1, 0.15) is 86.0 Å². The van der Waals surface area contributed by atoms with Crippen LogP contribution in [0, 0.1) is 5.92 Å². The second-order valence-corrected chi connectivity index (χ2v) is 15.5. The summed E-state index contributed by atoms with van der Waals surface area (Å²) in [5.41, 5.74) is 0.359. The van der Waals surface area contributed by atoms with Crippen molar-refractivity contribution in [2.75, 3.05) is 25.0 Å². The third-order valence-corrected chi connectivity index (χ3v) is 10.2. The summed E-state index contributed by atoms with van der Waals surface area (Å²) in [5, 5.41) is 5.58. The van der Waals surface area contributed by atoms with Gasteiger partial charge in [0.05, 0.1) is 5.56 Å². The second-order valence-electron chi connectivity index (χ2n) is 15.5. The van der Waals surface area contributed by atoms with Gasteiger partial charge >= 0.3 is 12.3 Å². The van der Waals surface area contributed by atoms with Gasteiger partial charge in [-0.05, 0) is 89.4 Å². The first-order valence-corrected chi connectivity index (χ1v) is 18.0. The molecule has 5 atom stereocenters. The van der Waals surface area contributed by atoms with Crippen molar-refractivity contribution in [1.82, 2.24) is 20.1 Å². The number of amides is 3. The Hall–Kier alpha value is -4.85. The topological polar surface area (TPSA) is 122 Å². The van der Waals surface area contributed by atoms with Crippen molar-refractivity contribution in [3.05, 3.63) is 76.5 Å². The molecule has 7 rings (SSSR count). The minimum absolute atomic E-state index is 0.0231. The molecule has 14 heteroatoms. The van der Waals surface area contributed by atoms with Crippen LogP contribution in [0.3, 0.4) is 0 Å². The van der Waals surface area contributed by atoms with Gasteiger partial charge in [-0.3, -0.25) is 14.5 Å². The summed E-state index contributed by atoms with van der Waals surface area (Å²) >= 11 is 0. The number of benzene rings is 2. The molecule has 2 fully saturated rings. The highest BCUT2D eigenvalue weighted by Crippen LogP contribution is 2.60. The molecule has 3 aliphatic heterocycles. The number of carbonyl (C=O) groups excluding carboxylic acids is 3. The number of hydrogen-bond donors (Lipinski definition) is 2. The lowest BCUT2D eigenvalue weighted by Gasteiger charge is -2.44. The lowest BCUT2D eigenvalue weighted by atomic mass is 10.0. The van der Waals surface area contributed by atoms with Crippen molar-refractivity contribution in [2.45, 2.75) is 96.3 Å². The van der Waals surface area contributed by atoms with Gasteiger partial charge in [0.25, 0.3) is 5.91 Å². The number of nitrogens with one attached hydrogen (secondary N) is 2. The van der Waals surface area contributed by atoms with Crippen LogP contribution in [0.25, 0.3) is 0 Å². The van der Waals surface area contributed by atoms with Gasteiger partial charge in [-0.1, -0.05) is 6.07 Å². The van der Waals surface area contributed by atoms with Crippen LogP contribution in [0.5, 0.6) is 17.2 Å². The van der Waals surface area contributed by atoms with Crippen LogP contribution in [0.4, 0.5) is 23.8 Å². The average molecular weight is 736 g/mol. The fraction of sp³-hybridized carbons (Fsp3) is 0.487. The zero-order valence-electron chi connectivity index (χ0n) is 30.4. The molecule has 11 nitrogen and oxygen atoms in total. The lowest BCUT2D eigenvalue weighted by molar-refractivity contribution is -0.138. The first-order chi connectivity index (χ1) is 25.1. The van der Waals surface area contributed by atoms with Gasteiger partial charge in [-0.25, -0.2) is 9.78 Å². The van der Waals surface area contributed by atoms with Crippen molar-refractivity contribution in [2.24, 2.45) is 5.92 Å². The Bertz CT molecular complexity index is 1920. The van der Waals surface area contributed by atoms with Crippen molar-refractivity contribution in [3.8, 4) is 17.2 Å². The molecule has 0 radical (unpaired) electrons. The molecule has 0 spiro atoms. The number of fused-ring (bicyclic) bond motifs is 4. The van der Waals surface area contributed by atoms with Crippen LogP contribution in [-0.2, 0) is 28.7 Å². The number of piperazine rings is 1. The third-order valence-electron chi connectivity index (χ3n) is 10.2. The van der Waals surface area contributed by atoms with Crippen LogP contribution in [-0.4, -0.2) is 76.1 Å². The van der Waals surface area contributed by atoms with E-state index in [0.717, 1.165) is 22.9 Å². The Labute approximate surface area is 306 Å². The summed E-state index contributed by atoms with van der Waals surface area (Å²) < 4.78 is 60.9.